The zero-order chi connectivity index (χ0) is 21.1. The molecule has 2 fully saturated rings. The van der Waals surface area contributed by atoms with Gasteiger partial charge in [0.15, 0.2) is 18.2 Å². The van der Waals surface area contributed by atoms with Crippen LogP contribution in [0, 0.1) is 0 Å². The largest absolute Gasteiger partial charge is 0.340 e. The van der Waals surface area contributed by atoms with E-state index in [1.807, 2.05) is 0 Å². The van der Waals surface area contributed by atoms with Gasteiger partial charge < -0.3 is 14.7 Å². The van der Waals surface area contributed by atoms with Gasteiger partial charge in [0.1, 0.15) is 0 Å². The van der Waals surface area contributed by atoms with Crippen LogP contribution in [0.5, 0.6) is 0 Å². The quantitative estimate of drug-likeness (QED) is 0.760. The number of benzene rings is 1. The number of nitrogens with one attached hydrogen (secondary N) is 1. The number of urea groups is 1. The molecule has 0 aliphatic carbocycles. The zero-order valence-corrected chi connectivity index (χ0v) is 18.0. The molecule has 0 spiro atoms. The Balaban J connectivity index is 1.40. The molecule has 2 unspecified atom stereocenters. The Hall–Kier alpha value is -2.61. The first-order valence-corrected chi connectivity index (χ1v) is 11.0. The Morgan fingerprint density at radius 1 is 1.07 bits per heavy atom. The molecule has 2 saturated heterocycles. The minimum Gasteiger partial charge on any atom is -0.340 e. The topological polar surface area (TPSA) is 71.5 Å². The maximum Gasteiger partial charge on any atom is 0.325 e. The first-order chi connectivity index (χ1) is 14.6. The lowest BCUT2D eigenvalue weighted by Crippen LogP contribution is -2.64. The molecule has 30 heavy (non-hydrogen) atoms. The van der Waals surface area contributed by atoms with Crippen LogP contribution in [0.1, 0.15) is 25.3 Å². The molecule has 162 valence electrons. The number of aliphatic imine (C=N–C) groups is 1. The Morgan fingerprint density at radius 2 is 1.80 bits per heavy atom. The lowest BCUT2D eigenvalue weighted by atomic mass is 10.1. The van der Waals surface area contributed by atoms with Crippen molar-refractivity contribution in [2.75, 3.05) is 46.3 Å². The summed E-state index contributed by atoms with van der Waals surface area (Å²) in [5, 5.41) is 2.48. The highest BCUT2D eigenvalue weighted by molar-refractivity contribution is 6.03. The van der Waals surface area contributed by atoms with Crippen molar-refractivity contribution in [2.45, 2.75) is 38.4 Å². The number of nitrogens with zero attached hydrogens (tertiary/aromatic N) is 5. The first kappa shape index (κ1) is 20.7. The third-order valence-corrected chi connectivity index (χ3v) is 6.31. The van der Waals surface area contributed by atoms with Crippen molar-refractivity contribution in [3.63, 3.8) is 0 Å². The Bertz CT molecular complexity index is 790. The second-order valence-electron chi connectivity index (χ2n) is 8.30. The molecule has 3 heterocycles. The van der Waals surface area contributed by atoms with Crippen molar-refractivity contribution in [2.24, 2.45) is 4.99 Å². The van der Waals surface area contributed by atoms with Crippen LogP contribution in [0.3, 0.4) is 0 Å². The molecule has 1 N–H and O–H groups in total. The number of imide groups is 1. The number of fused-ring (bicyclic) bond motifs is 1. The van der Waals surface area contributed by atoms with Gasteiger partial charge in [-0.2, -0.15) is 0 Å². The molecule has 1 aromatic carbocycles. The summed E-state index contributed by atoms with van der Waals surface area (Å²) in [7, 11) is 1.71. The van der Waals surface area contributed by atoms with Crippen molar-refractivity contribution in [1.82, 2.24) is 24.9 Å². The summed E-state index contributed by atoms with van der Waals surface area (Å²) >= 11 is 0. The first-order valence-electron chi connectivity index (χ1n) is 11.0. The summed E-state index contributed by atoms with van der Waals surface area (Å²) in [4.78, 5) is 38.0. The van der Waals surface area contributed by atoms with Crippen LogP contribution in [0.4, 0.5) is 4.79 Å². The number of piperazine rings is 1. The Kier molecular flexibility index (Phi) is 6.22. The fourth-order valence-electron chi connectivity index (χ4n) is 4.45. The average molecular weight is 413 g/mol. The monoisotopic (exact) mass is 412 g/mol. The average Bonchev–Trinajstić information content (AvgIpc) is 3.16. The Labute approximate surface area is 178 Å². The SMILES string of the molecule is CCCCN1C(N2CCN(CCc3ccccc3)CC2)=NC2C1C(=O)NC(=O)N2C. The zero-order valence-electron chi connectivity index (χ0n) is 18.0. The molecule has 0 aromatic heterocycles. The van der Waals surface area contributed by atoms with Crippen molar-refractivity contribution in [1.29, 1.82) is 0 Å². The van der Waals surface area contributed by atoms with Crippen LogP contribution in [0.15, 0.2) is 35.3 Å². The molecule has 3 aliphatic heterocycles. The van der Waals surface area contributed by atoms with Crippen molar-refractivity contribution >= 4 is 17.9 Å². The van der Waals surface area contributed by atoms with Gasteiger partial charge in [-0.15, -0.1) is 0 Å². The van der Waals surface area contributed by atoms with Gasteiger partial charge in [-0.25, -0.2) is 9.79 Å². The molecule has 0 bridgehead atoms. The summed E-state index contributed by atoms with van der Waals surface area (Å²) in [6.07, 6.45) is 2.66. The minimum atomic E-state index is -0.436. The van der Waals surface area contributed by atoms with E-state index in [0.717, 1.165) is 64.5 Å². The molecule has 1 aromatic rings. The number of hydrogen-bond donors (Lipinski definition) is 1. The molecule has 0 radical (unpaired) electrons. The second kappa shape index (κ2) is 9.04. The third kappa shape index (κ3) is 4.14. The van der Waals surface area contributed by atoms with E-state index < -0.39 is 12.2 Å². The van der Waals surface area contributed by atoms with Crippen LogP contribution >= 0.6 is 0 Å². The van der Waals surface area contributed by atoms with E-state index >= 15 is 0 Å². The molecule has 3 amide bonds. The number of hydrogen-bond acceptors (Lipinski definition) is 6. The maximum atomic E-state index is 12.6. The van der Waals surface area contributed by atoms with Gasteiger partial charge in [0, 0.05) is 46.3 Å². The molecule has 3 aliphatic rings. The number of amides is 3. The van der Waals surface area contributed by atoms with Crippen LogP contribution in [-0.2, 0) is 11.2 Å². The molecular formula is C22H32N6O2. The number of carbonyl (C=O) groups is 2. The van der Waals surface area contributed by atoms with Gasteiger partial charge in [-0.05, 0) is 18.4 Å². The van der Waals surface area contributed by atoms with E-state index in [1.54, 1.807) is 11.9 Å². The number of unbranched alkanes of at least 4 members (excludes halogenated alkanes) is 1. The van der Waals surface area contributed by atoms with E-state index in [1.165, 1.54) is 5.56 Å². The number of carbonyl (C=O) groups excluding carboxylic acids is 2. The number of guanidine groups is 1. The van der Waals surface area contributed by atoms with Crippen molar-refractivity contribution < 1.29 is 9.59 Å². The highest BCUT2D eigenvalue weighted by atomic mass is 16.2. The van der Waals surface area contributed by atoms with Gasteiger partial charge in [0.05, 0.1) is 0 Å². The summed E-state index contributed by atoms with van der Waals surface area (Å²) in [6.45, 7) is 7.69. The minimum absolute atomic E-state index is 0.237. The molecule has 0 saturated carbocycles. The normalized spacial score (nSPS) is 24.7. The van der Waals surface area contributed by atoms with Crippen LogP contribution in [0.2, 0.25) is 0 Å². The fourth-order valence-corrected chi connectivity index (χ4v) is 4.45. The van der Waals surface area contributed by atoms with Gasteiger partial charge in [-0.3, -0.25) is 15.0 Å². The summed E-state index contributed by atoms with van der Waals surface area (Å²) < 4.78 is 0. The van der Waals surface area contributed by atoms with Crippen LogP contribution in [0.25, 0.3) is 0 Å². The highest BCUT2D eigenvalue weighted by Gasteiger charge is 2.49. The fraction of sp³-hybridized carbons (Fsp3) is 0.591. The lowest BCUT2D eigenvalue weighted by Gasteiger charge is -2.40. The van der Waals surface area contributed by atoms with Gasteiger partial charge in [-0.1, -0.05) is 43.7 Å². The molecular weight excluding hydrogens is 380 g/mol. The second-order valence-corrected chi connectivity index (χ2v) is 8.30. The molecule has 8 heteroatoms. The number of likely N-dealkylation sites (N-methyl/N-ethyl adjacent to an activating group) is 1. The van der Waals surface area contributed by atoms with Gasteiger partial charge in [0.2, 0.25) is 0 Å². The van der Waals surface area contributed by atoms with E-state index in [-0.39, 0.29) is 11.9 Å². The van der Waals surface area contributed by atoms with Gasteiger partial charge >= 0.3 is 6.03 Å². The predicted octanol–water partition coefficient (Wildman–Crippen LogP) is 1.19. The Morgan fingerprint density at radius 3 is 2.50 bits per heavy atom. The third-order valence-electron chi connectivity index (χ3n) is 6.31. The lowest BCUT2D eigenvalue weighted by molar-refractivity contribution is -0.127. The van der Waals surface area contributed by atoms with Crippen molar-refractivity contribution in [3.05, 3.63) is 35.9 Å². The van der Waals surface area contributed by atoms with E-state index in [2.05, 4.69) is 57.3 Å². The van der Waals surface area contributed by atoms with Crippen LogP contribution < -0.4 is 5.32 Å². The van der Waals surface area contributed by atoms with E-state index in [9.17, 15) is 9.59 Å². The standard InChI is InChI=1S/C22H32N6O2/c1-3-4-11-28-18-19(25(2)22(30)24-20(18)29)23-21(28)27-15-13-26(14-16-27)12-10-17-8-6-5-7-9-17/h5-9,18-19H,3-4,10-16H2,1-2H3,(H,24,29,30). The maximum absolute atomic E-state index is 12.6. The highest BCUT2D eigenvalue weighted by Crippen LogP contribution is 2.26. The summed E-state index contributed by atoms with van der Waals surface area (Å²) in [5.41, 5.74) is 1.37. The van der Waals surface area contributed by atoms with Crippen LogP contribution in [-0.4, -0.2) is 96.0 Å². The molecule has 2 atom stereocenters. The summed E-state index contributed by atoms with van der Waals surface area (Å²) in [6, 6.07) is 9.80. The molecule has 8 nitrogen and oxygen atoms in total. The predicted molar refractivity (Wildman–Crippen MR) is 116 cm³/mol. The summed E-state index contributed by atoms with van der Waals surface area (Å²) in [5.74, 6) is 0.636. The van der Waals surface area contributed by atoms with E-state index in [4.69, 9.17) is 4.99 Å². The van der Waals surface area contributed by atoms with E-state index in [0.29, 0.717) is 0 Å². The smallest absolute Gasteiger partial charge is 0.325 e. The molecule has 4 rings (SSSR count). The van der Waals surface area contributed by atoms with Gasteiger partial charge in [0.25, 0.3) is 5.91 Å². The van der Waals surface area contributed by atoms with Crippen molar-refractivity contribution in [3.8, 4) is 0 Å². The number of rotatable bonds is 6.